The second kappa shape index (κ2) is 6.37. The number of aromatic nitrogens is 2. The summed E-state index contributed by atoms with van der Waals surface area (Å²) in [4.78, 5) is 19.1. The minimum atomic E-state index is -0.000570. The van der Waals surface area contributed by atoms with Gasteiger partial charge in [-0.15, -0.1) is 0 Å². The van der Waals surface area contributed by atoms with Crippen molar-refractivity contribution in [1.82, 2.24) is 19.6 Å². The number of piperidine rings is 1. The van der Waals surface area contributed by atoms with Crippen LogP contribution in [0.2, 0.25) is 0 Å². The SMILES string of the molecule is CNCC1CCCN(Cc2cc(=O)n3ccccc3n2)C1. The molecule has 0 spiro atoms. The van der Waals surface area contributed by atoms with E-state index in [1.165, 1.54) is 12.8 Å². The summed E-state index contributed by atoms with van der Waals surface area (Å²) >= 11 is 0. The Hall–Kier alpha value is -1.72. The molecule has 21 heavy (non-hydrogen) atoms. The van der Waals surface area contributed by atoms with Crippen molar-refractivity contribution >= 4 is 5.65 Å². The van der Waals surface area contributed by atoms with Crippen LogP contribution in [0.15, 0.2) is 35.3 Å². The van der Waals surface area contributed by atoms with Gasteiger partial charge in [-0.2, -0.15) is 0 Å². The largest absolute Gasteiger partial charge is 0.319 e. The lowest BCUT2D eigenvalue weighted by Gasteiger charge is -2.32. The maximum Gasteiger partial charge on any atom is 0.258 e. The lowest BCUT2D eigenvalue weighted by molar-refractivity contribution is 0.165. The lowest BCUT2D eigenvalue weighted by atomic mass is 9.98. The van der Waals surface area contributed by atoms with E-state index in [2.05, 4.69) is 15.2 Å². The predicted molar refractivity (Wildman–Crippen MR) is 83.4 cm³/mol. The van der Waals surface area contributed by atoms with E-state index in [0.717, 1.165) is 37.5 Å². The third kappa shape index (κ3) is 3.31. The highest BCUT2D eigenvalue weighted by molar-refractivity contribution is 5.37. The molecule has 112 valence electrons. The van der Waals surface area contributed by atoms with E-state index in [1.807, 2.05) is 25.2 Å². The van der Waals surface area contributed by atoms with Gasteiger partial charge in [-0.25, -0.2) is 4.98 Å². The van der Waals surface area contributed by atoms with E-state index in [9.17, 15) is 4.79 Å². The zero-order valence-electron chi connectivity index (χ0n) is 12.5. The van der Waals surface area contributed by atoms with Crippen molar-refractivity contribution in [3.05, 3.63) is 46.5 Å². The summed E-state index contributed by atoms with van der Waals surface area (Å²) in [6.45, 7) is 4.00. The van der Waals surface area contributed by atoms with Crippen molar-refractivity contribution in [3.63, 3.8) is 0 Å². The number of fused-ring (bicyclic) bond motifs is 1. The first kappa shape index (κ1) is 14.2. The van der Waals surface area contributed by atoms with Crippen molar-refractivity contribution in [3.8, 4) is 0 Å². The summed E-state index contributed by atoms with van der Waals surface area (Å²) in [6.07, 6.45) is 4.27. The van der Waals surface area contributed by atoms with Gasteiger partial charge in [0.25, 0.3) is 5.56 Å². The zero-order chi connectivity index (χ0) is 14.7. The fourth-order valence-electron chi connectivity index (χ4n) is 3.16. The molecule has 1 unspecified atom stereocenters. The monoisotopic (exact) mass is 286 g/mol. The van der Waals surface area contributed by atoms with Crippen LogP contribution in [0.25, 0.3) is 5.65 Å². The van der Waals surface area contributed by atoms with Gasteiger partial charge in [0.2, 0.25) is 0 Å². The van der Waals surface area contributed by atoms with Gasteiger partial charge in [-0.3, -0.25) is 14.1 Å². The predicted octanol–water partition coefficient (Wildman–Crippen LogP) is 1.13. The average Bonchev–Trinajstić information content (AvgIpc) is 2.48. The fraction of sp³-hybridized carbons (Fsp3) is 0.500. The van der Waals surface area contributed by atoms with Gasteiger partial charge in [0.05, 0.1) is 5.69 Å². The molecule has 2 aromatic heterocycles. The van der Waals surface area contributed by atoms with Gasteiger partial charge < -0.3 is 5.32 Å². The highest BCUT2D eigenvalue weighted by Gasteiger charge is 2.19. The highest BCUT2D eigenvalue weighted by atomic mass is 16.1. The average molecular weight is 286 g/mol. The fourth-order valence-corrected chi connectivity index (χ4v) is 3.16. The minimum Gasteiger partial charge on any atom is -0.319 e. The first-order valence-corrected chi connectivity index (χ1v) is 7.60. The quantitative estimate of drug-likeness (QED) is 0.915. The van der Waals surface area contributed by atoms with Gasteiger partial charge >= 0.3 is 0 Å². The van der Waals surface area contributed by atoms with Crippen molar-refractivity contribution in [1.29, 1.82) is 0 Å². The van der Waals surface area contributed by atoms with Gasteiger partial charge in [0.1, 0.15) is 5.65 Å². The van der Waals surface area contributed by atoms with Crippen molar-refractivity contribution in [2.45, 2.75) is 19.4 Å². The third-order valence-electron chi connectivity index (χ3n) is 4.11. The highest BCUT2D eigenvalue weighted by Crippen LogP contribution is 2.17. The molecule has 3 heterocycles. The topological polar surface area (TPSA) is 49.6 Å². The molecule has 0 saturated carbocycles. The molecule has 0 aliphatic carbocycles. The number of rotatable bonds is 4. The molecule has 1 aliphatic rings. The number of likely N-dealkylation sites (tertiary alicyclic amines) is 1. The summed E-state index contributed by atoms with van der Waals surface area (Å²) in [5, 5.41) is 3.26. The normalized spacial score (nSPS) is 20.0. The van der Waals surface area contributed by atoms with Gasteiger partial charge in [0, 0.05) is 25.4 Å². The van der Waals surface area contributed by atoms with E-state index in [-0.39, 0.29) is 5.56 Å². The van der Waals surface area contributed by atoms with Crippen LogP contribution in [0.1, 0.15) is 18.5 Å². The van der Waals surface area contributed by atoms with Crippen LogP contribution in [-0.2, 0) is 6.54 Å². The van der Waals surface area contributed by atoms with E-state index < -0.39 is 0 Å². The maximum atomic E-state index is 12.1. The molecule has 1 atom stereocenters. The number of pyridine rings is 1. The molecule has 1 saturated heterocycles. The summed E-state index contributed by atoms with van der Waals surface area (Å²) < 4.78 is 1.59. The molecule has 1 aliphatic heterocycles. The second-order valence-electron chi connectivity index (χ2n) is 5.82. The minimum absolute atomic E-state index is 0.000570. The van der Waals surface area contributed by atoms with Crippen molar-refractivity contribution in [2.24, 2.45) is 5.92 Å². The Morgan fingerprint density at radius 2 is 2.33 bits per heavy atom. The third-order valence-corrected chi connectivity index (χ3v) is 4.11. The van der Waals surface area contributed by atoms with E-state index >= 15 is 0 Å². The van der Waals surface area contributed by atoms with Crippen LogP contribution in [0.3, 0.4) is 0 Å². The summed E-state index contributed by atoms with van der Waals surface area (Å²) in [7, 11) is 2.00. The molecular weight excluding hydrogens is 264 g/mol. The molecule has 1 fully saturated rings. The first-order valence-electron chi connectivity index (χ1n) is 7.60. The van der Waals surface area contributed by atoms with Crippen molar-refractivity contribution in [2.75, 3.05) is 26.7 Å². The number of hydrogen-bond donors (Lipinski definition) is 1. The standard InChI is InChI=1S/C16H22N4O/c1-17-10-13-5-4-7-19(11-13)12-14-9-16(21)20-8-3-2-6-15(20)18-14/h2-3,6,8-9,13,17H,4-5,7,10-12H2,1H3. The summed E-state index contributed by atoms with van der Waals surface area (Å²) in [6, 6.07) is 7.30. The molecule has 1 N–H and O–H groups in total. The van der Waals surface area contributed by atoms with E-state index in [0.29, 0.717) is 5.92 Å². The molecule has 0 aromatic carbocycles. The zero-order valence-corrected chi connectivity index (χ0v) is 12.5. The number of nitrogens with one attached hydrogen (secondary N) is 1. The lowest BCUT2D eigenvalue weighted by Crippen LogP contribution is -2.39. The molecule has 0 radical (unpaired) electrons. The summed E-state index contributed by atoms with van der Waals surface area (Å²) in [5.41, 5.74) is 1.60. The number of nitrogens with zero attached hydrogens (tertiary/aromatic N) is 3. The molecule has 0 amide bonds. The molecule has 3 rings (SSSR count). The Balaban J connectivity index is 1.77. The van der Waals surface area contributed by atoms with Crippen LogP contribution in [0.5, 0.6) is 0 Å². The number of hydrogen-bond acceptors (Lipinski definition) is 4. The van der Waals surface area contributed by atoms with Crippen molar-refractivity contribution < 1.29 is 0 Å². The van der Waals surface area contributed by atoms with Crippen LogP contribution in [0, 0.1) is 5.92 Å². The molecular formula is C16H22N4O. The smallest absolute Gasteiger partial charge is 0.258 e. The van der Waals surface area contributed by atoms with Crippen LogP contribution in [0.4, 0.5) is 0 Å². The Kier molecular flexibility index (Phi) is 4.31. The van der Waals surface area contributed by atoms with Crippen LogP contribution < -0.4 is 10.9 Å². The summed E-state index contributed by atoms with van der Waals surface area (Å²) in [5.74, 6) is 0.699. The molecule has 0 bridgehead atoms. The Bertz CT molecular complexity index is 665. The molecule has 5 nitrogen and oxygen atoms in total. The Morgan fingerprint density at radius 3 is 3.19 bits per heavy atom. The maximum absolute atomic E-state index is 12.1. The Labute approximate surface area is 124 Å². The van der Waals surface area contributed by atoms with E-state index in [4.69, 9.17) is 0 Å². The molecule has 5 heteroatoms. The first-order chi connectivity index (χ1) is 10.3. The van der Waals surface area contributed by atoms with Gasteiger partial charge in [-0.05, 0) is 51.0 Å². The van der Waals surface area contributed by atoms with Gasteiger partial charge in [-0.1, -0.05) is 6.07 Å². The van der Waals surface area contributed by atoms with E-state index in [1.54, 1.807) is 16.7 Å². The Morgan fingerprint density at radius 1 is 1.43 bits per heavy atom. The van der Waals surface area contributed by atoms with Crippen LogP contribution >= 0.6 is 0 Å². The second-order valence-corrected chi connectivity index (χ2v) is 5.82. The van der Waals surface area contributed by atoms with Crippen LogP contribution in [-0.4, -0.2) is 41.0 Å². The van der Waals surface area contributed by atoms with Gasteiger partial charge in [0.15, 0.2) is 0 Å². The molecule has 2 aromatic rings.